The SMILES string of the molecule is C=CC=C.CN=C(N=CN)c1ccccc1C1CN(C)Cc2sc(Cl)cc21. The summed E-state index contributed by atoms with van der Waals surface area (Å²) in [5.74, 6) is 0.910. The molecule has 4 nitrogen and oxygen atoms in total. The van der Waals surface area contributed by atoms with Gasteiger partial charge in [0, 0.05) is 36.5 Å². The third kappa shape index (κ3) is 5.16. The van der Waals surface area contributed by atoms with Crippen molar-refractivity contribution < 1.29 is 0 Å². The van der Waals surface area contributed by atoms with Crippen molar-refractivity contribution in [2.75, 3.05) is 20.6 Å². The molecule has 1 aromatic carbocycles. The molecule has 1 aliphatic rings. The molecule has 0 aliphatic carbocycles. The predicted molar refractivity (Wildman–Crippen MR) is 119 cm³/mol. The van der Waals surface area contributed by atoms with Gasteiger partial charge in [0.25, 0.3) is 0 Å². The van der Waals surface area contributed by atoms with Crippen LogP contribution in [-0.2, 0) is 6.54 Å². The van der Waals surface area contributed by atoms with Crippen LogP contribution in [0, 0.1) is 0 Å². The van der Waals surface area contributed by atoms with E-state index in [0.29, 0.717) is 5.84 Å². The summed E-state index contributed by atoms with van der Waals surface area (Å²) in [4.78, 5) is 12.2. The van der Waals surface area contributed by atoms with Gasteiger partial charge in [-0.3, -0.25) is 4.99 Å². The highest BCUT2D eigenvalue weighted by atomic mass is 35.5. The summed E-state index contributed by atoms with van der Waals surface area (Å²) in [6.07, 6.45) is 4.57. The van der Waals surface area contributed by atoms with Gasteiger partial charge in [0.05, 0.1) is 10.7 Å². The molecule has 0 amide bonds. The van der Waals surface area contributed by atoms with Crippen LogP contribution >= 0.6 is 22.9 Å². The highest BCUT2D eigenvalue weighted by Gasteiger charge is 2.29. The number of allylic oxidation sites excluding steroid dienone is 2. The average molecular weight is 401 g/mol. The number of hydrogen-bond acceptors (Lipinski definition) is 3. The standard InChI is InChI=1S/C17H19ClN4S.C4H6/c1-20-17(21-10-19)12-6-4-3-5-11(12)14-8-22(2)9-15-13(14)7-16(18)23-15;1-3-4-2/h3-7,10,14H,8-9H2,1-2H3,(H2,19,20,21);3-4H,1-2H2. The van der Waals surface area contributed by atoms with Gasteiger partial charge in [-0.15, -0.1) is 11.3 Å². The van der Waals surface area contributed by atoms with E-state index in [9.17, 15) is 0 Å². The molecular formula is C21H25ClN4S. The topological polar surface area (TPSA) is 54.0 Å². The van der Waals surface area contributed by atoms with Crippen molar-refractivity contribution in [1.29, 1.82) is 0 Å². The number of aliphatic imine (C=N–C) groups is 2. The van der Waals surface area contributed by atoms with E-state index in [1.54, 1.807) is 30.5 Å². The maximum atomic E-state index is 6.27. The van der Waals surface area contributed by atoms with Gasteiger partial charge in [0.2, 0.25) is 0 Å². The van der Waals surface area contributed by atoms with Gasteiger partial charge in [0.15, 0.2) is 5.84 Å². The van der Waals surface area contributed by atoms with Crippen LogP contribution < -0.4 is 5.73 Å². The maximum Gasteiger partial charge on any atom is 0.156 e. The van der Waals surface area contributed by atoms with E-state index in [4.69, 9.17) is 17.3 Å². The Hall–Kier alpha value is -2.21. The van der Waals surface area contributed by atoms with Crippen LogP contribution in [0.2, 0.25) is 4.34 Å². The highest BCUT2D eigenvalue weighted by molar-refractivity contribution is 7.16. The lowest BCUT2D eigenvalue weighted by molar-refractivity contribution is 0.299. The number of rotatable bonds is 3. The Bertz CT molecular complexity index is 848. The van der Waals surface area contributed by atoms with Gasteiger partial charge >= 0.3 is 0 Å². The van der Waals surface area contributed by atoms with Crippen LogP contribution in [0.25, 0.3) is 0 Å². The number of nitrogens with two attached hydrogens (primary N) is 1. The summed E-state index contributed by atoms with van der Waals surface area (Å²) in [6.45, 7) is 8.61. The molecule has 2 N–H and O–H groups in total. The van der Waals surface area contributed by atoms with Crippen LogP contribution in [0.3, 0.4) is 0 Å². The largest absolute Gasteiger partial charge is 0.390 e. The fraction of sp³-hybridized carbons (Fsp3) is 0.238. The molecule has 1 unspecified atom stereocenters. The molecule has 0 saturated heterocycles. The summed E-state index contributed by atoms with van der Waals surface area (Å²) >= 11 is 7.93. The fourth-order valence-electron chi connectivity index (χ4n) is 3.14. The number of benzene rings is 1. The second-order valence-corrected chi connectivity index (χ2v) is 7.83. The summed E-state index contributed by atoms with van der Waals surface area (Å²) in [5, 5.41) is 0. The highest BCUT2D eigenvalue weighted by Crippen LogP contribution is 2.40. The Morgan fingerprint density at radius 3 is 2.63 bits per heavy atom. The van der Waals surface area contributed by atoms with E-state index in [1.165, 1.54) is 22.3 Å². The van der Waals surface area contributed by atoms with E-state index in [-0.39, 0.29) is 5.92 Å². The number of thiophene rings is 1. The van der Waals surface area contributed by atoms with E-state index in [1.807, 2.05) is 12.1 Å². The molecule has 142 valence electrons. The summed E-state index contributed by atoms with van der Waals surface area (Å²) < 4.78 is 0.845. The fourth-order valence-corrected chi connectivity index (χ4v) is 4.56. The summed E-state index contributed by atoms with van der Waals surface area (Å²) in [7, 11) is 3.87. The first kappa shape index (κ1) is 21.1. The van der Waals surface area contributed by atoms with E-state index < -0.39 is 0 Å². The molecule has 0 fully saturated rings. The first-order chi connectivity index (χ1) is 13.0. The van der Waals surface area contributed by atoms with Gasteiger partial charge in [-0.1, -0.05) is 61.2 Å². The zero-order valence-corrected chi connectivity index (χ0v) is 17.3. The van der Waals surface area contributed by atoms with Crippen molar-refractivity contribution in [3.8, 4) is 0 Å². The third-order valence-corrected chi connectivity index (χ3v) is 5.51. The number of amidine groups is 1. The van der Waals surface area contributed by atoms with Crippen molar-refractivity contribution in [1.82, 2.24) is 4.90 Å². The lowest BCUT2D eigenvalue weighted by Crippen LogP contribution is -2.30. The Balaban J connectivity index is 0.000000596. The van der Waals surface area contributed by atoms with Crippen LogP contribution in [0.5, 0.6) is 0 Å². The van der Waals surface area contributed by atoms with Gasteiger partial charge in [0.1, 0.15) is 0 Å². The third-order valence-electron chi connectivity index (χ3n) is 4.25. The summed E-state index contributed by atoms with van der Waals surface area (Å²) in [5.41, 5.74) is 9.02. The van der Waals surface area contributed by atoms with E-state index in [2.05, 4.69) is 53.3 Å². The van der Waals surface area contributed by atoms with Crippen LogP contribution in [0.4, 0.5) is 0 Å². The number of hydrogen-bond donors (Lipinski definition) is 1. The zero-order chi connectivity index (χ0) is 19.8. The smallest absolute Gasteiger partial charge is 0.156 e. The molecule has 0 radical (unpaired) electrons. The number of likely N-dealkylation sites (N-methyl/N-ethyl adjacent to an activating group) is 1. The summed E-state index contributed by atoms with van der Waals surface area (Å²) in [6, 6.07) is 10.4. The normalized spacial score (nSPS) is 17.1. The van der Waals surface area contributed by atoms with Crippen LogP contribution in [-0.4, -0.2) is 37.7 Å². The minimum Gasteiger partial charge on any atom is -0.390 e. The zero-order valence-electron chi connectivity index (χ0n) is 15.7. The van der Waals surface area contributed by atoms with Crippen molar-refractivity contribution in [2.24, 2.45) is 15.7 Å². The van der Waals surface area contributed by atoms with Crippen molar-refractivity contribution in [3.05, 3.63) is 81.5 Å². The Morgan fingerprint density at radius 1 is 1.30 bits per heavy atom. The molecule has 2 aromatic rings. The minimum atomic E-state index is 0.258. The Labute approximate surface area is 170 Å². The molecule has 0 bridgehead atoms. The molecule has 1 aliphatic heterocycles. The average Bonchev–Trinajstić information content (AvgIpc) is 3.05. The first-order valence-electron chi connectivity index (χ1n) is 8.56. The predicted octanol–water partition coefficient (Wildman–Crippen LogP) is 4.70. The Morgan fingerprint density at radius 2 is 2.00 bits per heavy atom. The molecule has 2 heterocycles. The minimum absolute atomic E-state index is 0.258. The number of nitrogens with zero attached hydrogens (tertiary/aromatic N) is 3. The lowest BCUT2D eigenvalue weighted by atomic mass is 9.85. The molecular weight excluding hydrogens is 376 g/mol. The second kappa shape index (κ2) is 10.2. The van der Waals surface area contributed by atoms with Gasteiger partial charge in [-0.2, -0.15) is 0 Å². The van der Waals surface area contributed by atoms with Crippen LogP contribution in [0.15, 0.2) is 65.6 Å². The van der Waals surface area contributed by atoms with Gasteiger partial charge in [-0.05, 0) is 24.2 Å². The van der Waals surface area contributed by atoms with Crippen molar-refractivity contribution >= 4 is 35.1 Å². The maximum absolute atomic E-state index is 6.27. The van der Waals surface area contributed by atoms with Gasteiger partial charge < -0.3 is 10.6 Å². The van der Waals surface area contributed by atoms with Crippen molar-refractivity contribution in [3.63, 3.8) is 0 Å². The molecule has 0 spiro atoms. The number of fused-ring (bicyclic) bond motifs is 1. The van der Waals surface area contributed by atoms with Crippen molar-refractivity contribution in [2.45, 2.75) is 12.5 Å². The molecule has 6 heteroatoms. The molecule has 0 saturated carbocycles. The van der Waals surface area contributed by atoms with Crippen LogP contribution in [0.1, 0.15) is 27.5 Å². The lowest BCUT2D eigenvalue weighted by Gasteiger charge is -2.31. The molecule has 1 aromatic heterocycles. The van der Waals surface area contributed by atoms with E-state index in [0.717, 1.165) is 23.0 Å². The molecule has 1 atom stereocenters. The molecule has 3 rings (SSSR count). The quantitative estimate of drug-likeness (QED) is 0.461. The second-order valence-electron chi connectivity index (χ2n) is 6.06. The Kier molecular flexibility index (Phi) is 7.98. The monoisotopic (exact) mass is 400 g/mol. The van der Waals surface area contributed by atoms with E-state index >= 15 is 0 Å². The number of halogens is 1. The first-order valence-corrected chi connectivity index (χ1v) is 9.75. The van der Waals surface area contributed by atoms with Gasteiger partial charge in [-0.25, -0.2) is 4.99 Å². The molecule has 27 heavy (non-hydrogen) atoms.